The molecule has 1 heteroatoms. The van der Waals surface area contributed by atoms with E-state index in [4.69, 9.17) is 4.98 Å². The number of benzene rings is 3. The van der Waals surface area contributed by atoms with Crippen LogP contribution >= 0.6 is 0 Å². The Bertz CT molecular complexity index is 875. The number of nitrogens with zero attached hydrogens (tertiary/aromatic N) is 1. The van der Waals surface area contributed by atoms with Crippen molar-refractivity contribution in [2.45, 2.75) is 80.1 Å². The lowest BCUT2D eigenvalue weighted by Crippen LogP contribution is -2.03. The van der Waals surface area contributed by atoms with Crippen LogP contribution in [0.2, 0.25) is 0 Å². The van der Waals surface area contributed by atoms with Crippen LogP contribution in [0.15, 0.2) is 103 Å². The topological polar surface area (TPSA) is 12.9 Å². The Morgan fingerprint density at radius 3 is 0.972 bits per heavy atom. The summed E-state index contributed by atoms with van der Waals surface area (Å²) in [6.07, 6.45) is 6.18. The van der Waals surface area contributed by atoms with Gasteiger partial charge in [-0.1, -0.05) is 133 Å². The predicted molar refractivity (Wildman–Crippen MR) is 160 cm³/mol. The fourth-order valence-electron chi connectivity index (χ4n) is 3.89. The quantitative estimate of drug-likeness (QED) is 0.232. The third kappa shape index (κ3) is 12.0. The molecule has 0 spiro atoms. The van der Waals surface area contributed by atoms with Crippen molar-refractivity contribution in [2.75, 3.05) is 0 Å². The predicted octanol–water partition coefficient (Wildman–Crippen LogP) is 9.52. The maximum absolute atomic E-state index is 5.02. The smallest absolute Gasteiger partial charge is 0.0413 e. The van der Waals surface area contributed by atoms with Gasteiger partial charge in [-0.15, -0.1) is 0 Å². The average Bonchev–Trinajstić information content (AvgIpc) is 2.99. The van der Waals surface area contributed by atoms with Crippen molar-refractivity contribution in [3.63, 3.8) is 0 Å². The fourth-order valence-corrected chi connectivity index (χ4v) is 3.89. The number of hydrogen-bond donors (Lipinski definition) is 0. The summed E-state index contributed by atoms with van der Waals surface area (Å²) in [6.45, 7) is 12.0. The van der Waals surface area contributed by atoms with Crippen LogP contribution in [-0.2, 0) is 38.5 Å². The largest absolute Gasteiger partial charge is 0.258 e. The van der Waals surface area contributed by atoms with E-state index < -0.39 is 0 Å². The van der Waals surface area contributed by atoms with Crippen LogP contribution in [-0.4, -0.2) is 4.98 Å². The molecule has 0 radical (unpaired) electrons. The zero-order chi connectivity index (χ0) is 26.4. The van der Waals surface area contributed by atoms with E-state index in [9.17, 15) is 0 Å². The Labute approximate surface area is 221 Å². The second-order valence-corrected chi connectivity index (χ2v) is 7.91. The monoisotopic (exact) mass is 481 g/mol. The molecule has 4 aromatic rings. The molecule has 0 fully saturated rings. The third-order valence-electron chi connectivity index (χ3n) is 5.56. The first kappa shape index (κ1) is 30.8. The molecule has 3 aromatic carbocycles. The summed E-state index contributed by atoms with van der Waals surface area (Å²) in [5.74, 6) is 0. The van der Waals surface area contributed by atoms with E-state index >= 15 is 0 Å². The first-order valence-electron chi connectivity index (χ1n) is 14.0. The third-order valence-corrected chi connectivity index (χ3v) is 5.56. The summed E-state index contributed by atoms with van der Waals surface area (Å²) < 4.78 is 0. The highest BCUT2D eigenvalue weighted by Crippen LogP contribution is 2.15. The van der Waals surface area contributed by atoms with Crippen molar-refractivity contribution in [3.05, 3.63) is 137 Å². The zero-order valence-corrected chi connectivity index (χ0v) is 23.5. The van der Waals surface area contributed by atoms with Gasteiger partial charge in [0.2, 0.25) is 0 Å². The van der Waals surface area contributed by atoms with Gasteiger partial charge < -0.3 is 0 Å². The molecule has 0 unspecified atom stereocenters. The summed E-state index contributed by atoms with van der Waals surface area (Å²) in [5, 5.41) is 0. The summed E-state index contributed by atoms with van der Waals surface area (Å²) in [7, 11) is 0. The molecule has 0 amide bonds. The minimum atomic E-state index is 0.988. The lowest BCUT2D eigenvalue weighted by atomic mass is 10.00. The van der Waals surface area contributed by atoms with Crippen molar-refractivity contribution >= 4 is 0 Å². The molecule has 192 valence electrons. The van der Waals surface area contributed by atoms with Gasteiger partial charge in [-0.2, -0.15) is 0 Å². The molecule has 1 nitrogen and oxygen atoms in total. The molecule has 0 aliphatic heterocycles. The SMILES string of the molecule is CC.CC.CC.c1ccc(CCc2cc(CCc3ccccc3)nc(CCc3ccccc3)c2)cc1. The van der Waals surface area contributed by atoms with Gasteiger partial charge in [0.05, 0.1) is 0 Å². The van der Waals surface area contributed by atoms with Gasteiger partial charge in [0, 0.05) is 11.4 Å². The van der Waals surface area contributed by atoms with E-state index in [-0.39, 0.29) is 0 Å². The summed E-state index contributed by atoms with van der Waals surface area (Å²) in [6, 6.07) is 36.8. The number of pyridine rings is 1. The normalized spacial score (nSPS) is 9.50. The Morgan fingerprint density at radius 1 is 0.361 bits per heavy atom. The van der Waals surface area contributed by atoms with Crippen LogP contribution in [0.4, 0.5) is 0 Å². The van der Waals surface area contributed by atoms with Crippen molar-refractivity contribution < 1.29 is 0 Å². The molecule has 1 aromatic heterocycles. The number of aromatic nitrogens is 1. The van der Waals surface area contributed by atoms with Gasteiger partial charge in [0.1, 0.15) is 0 Å². The van der Waals surface area contributed by atoms with Gasteiger partial charge in [-0.05, 0) is 72.9 Å². The highest BCUT2D eigenvalue weighted by molar-refractivity contribution is 5.26. The second kappa shape index (κ2) is 20.0. The zero-order valence-electron chi connectivity index (χ0n) is 23.5. The Kier molecular flexibility index (Phi) is 17.2. The summed E-state index contributed by atoms with van der Waals surface area (Å²) in [4.78, 5) is 5.02. The number of aryl methyl sites for hydroxylation is 6. The van der Waals surface area contributed by atoms with Crippen LogP contribution in [0.5, 0.6) is 0 Å². The van der Waals surface area contributed by atoms with Gasteiger partial charge in [0.25, 0.3) is 0 Å². The number of rotatable bonds is 9. The van der Waals surface area contributed by atoms with E-state index in [1.54, 1.807) is 0 Å². The average molecular weight is 482 g/mol. The molecule has 0 atom stereocenters. The van der Waals surface area contributed by atoms with Crippen LogP contribution in [0.1, 0.15) is 75.2 Å². The highest BCUT2D eigenvalue weighted by Gasteiger charge is 2.06. The molecular formula is C35H47N. The molecule has 0 N–H and O–H groups in total. The molecule has 1 heterocycles. The summed E-state index contributed by atoms with van der Waals surface area (Å²) in [5.41, 5.74) is 7.98. The lowest BCUT2D eigenvalue weighted by molar-refractivity contribution is 0.840. The van der Waals surface area contributed by atoms with Gasteiger partial charge in [-0.25, -0.2) is 0 Å². The Morgan fingerprint density at radius 2 is 0.639 bits per heavy atom. The van der Waals surface area contributed by atoms with Crippen molar-refractivity contribution in [1.29, 1.82) is 0 Å². The highest BCUT2D eigenvalue weighted by atomic mass is 14.7. The minimum absolute atomic E-state index is 0.988. The van der Waals surface area contributed by atoms with E-state index in [1.807, 2.05) is 41.5 Å². The minimum Gasteiger partial charge on any atom is -0.258 e. The molecule has 0 bridgehead atoms. The van der Waals surface area contributed by atoms with E-state index in [1.165, 1.54) is 33.6 Å². The summed E-state index contributed by atoms with van der Waals surface area (Å²) >= 11 is 0. The molecule has 4 rings (SSSR count). The number of hydrogen-bond acceptors (Lipinski definition) is 1. The van der Waals surface area contributed by atoms with Crippen LogP contribution in [0.25, 0.3) is 0 Å². The molecule has 0 saturated carbocycles. The second-order valence-electron chi connectivity index (χ2n) is 7.91. The van der Waals surface area contributed by atoms with Crippen LogP contribution in [0.3, 0.4) is 0 Å². The van der Waals surface area contributed by atoms with E-state index in [2.05, 4.69) is 103 Å². The van der Waals surface area contributed by atoms with Gasteiger partial charge in [0.15, 0.2) is 0 Å². The maximum Gasteiger partial charge on any atom is 0.0413 e. The Balaban J connectivity index is 0.00000101. The van der Waals surface area contributed by atoms with Gasteiger partial charge >= 0.3 is 0 Å². The van der Waals surface area contributed by atoms with Crippen molar-refractivity contribution in [3.8, 4) is 0 Å². The molecular weight excluding hydrogens is 434 g/mol. The fraction of sp³-hybridized carbons (Fsp3) is 0.343. The lowest BCUT2D eigenvalue weighted by Gasteiger charge is -2.10. The van der Waals surface area contributed by atoms with Crippen molar-refractivity contribution in [1.82, 2.24) is 4.98 Å². The van der Waals surface area contributed by atoms with E-state index in [0.717, 1.165) is 38.5 Å². The molecule has 36 heavy (non-hydrogen) atoms. The molecule has 0 saturated heterocycles. The molecule has 0 aliphatic rings. The maximum atomic E-state index is 5.02. The standard InChI is InChI=1S/C29H29N.3C2H6/c1-4-10-24(11-5-1)16-17-27-22-28(20-18-25-12-6-2-7-13-25)30-29(23-27)21-19-26-14-8-3-9-15-26;3*1-2/h1-15,22-23H,16-21H2;3*1-2H3. The van der Waals surface area contributed by atoms with Gasteiger partial charge in [-0.3, -0.25) is 4.98 Å². The first-order chi connectivity index (χ1) is 17.8. The molecule has 0 aliphatic carbocycles. The van der Waals surface area contributed by atoms with E-state index in [0.29, 0.717) is 0 Å². The van der Waals surface area contributed by atoms with Crippen molar-refractivity contribution in [2.24, 2.45) is 0 Å². The van der Waals surface area contributed by atoms with Crippen LogP contribution < -0.4 is 0 Å². The Hall–Kier alpha value is -3.19. The van der Waals surface area contributed by atoms with Crippen LogP contribution in [0, 0.1) is 0 Å². The first-order valence-corrected chi connectivity index (χ1v) is 14.0.